The van der Waals surface area contributed by atoms with Crippen LogP contribution in [-0.2, 0) is 5.72 Å². The van der Waals surface area contributed by atoms with E-state index in [-0.39, 0.29) is 0 Å². The maximum absolute atomic E-state index is 10.4. The van der Waals surface area contributed by atoms with E-state index in [1.807, 2.05) is 0 Å². The van der Waals surface area contributed by atoms with Gasteiger partial charge in [0.25, 0.3) is 0 Å². The molecule has 2 rings (SSSR count). The summed E-state index contributed by atoms with van der Waals surface area (Å²) in [5.74, 6) is 0. The molecule has 16 heavy (non-hydrogen) atoms. The predicted molar refractivity (Wildman–Crippen MR) is 63.7 cm³/mol. The van der Waals surface area contributed by atoms with Gasteiger partial charge in [0.05, 0.1) is 11.3 Å². The zero-order valence-corrected chi connectivity index (χ0v) is 10.1. The summed E-state index contributed by atoms with van der Waals surface area (Å²) in [6, 6.07) is 4.99. The summed E-state index contributed by atoms with van der Waals surface area (Å²) < 4.78 is 1.57. The van der Waals surface area contributed by atoms with Crippen molar-refractivity contribution in [1.29, 1.82) is 0 Å². The summed E-state index contributed by atoms with van der Waals surface area (Å²) in [4.78, 5) is 3.90. The Kier molecular flexibility index (Phi) is 2.93. The second-order valence-electron chi connectivity index (χ2n) is 3.61. The molecule has 0 aliphatic heterocycles. The third kappa shape index (κ3) is 1.94. The number of aromatic nitrogens is 2. The fourth-order valence-corrected chi connectivity index (χ4v) is 2.12. The SMILES string of the molecule is CC(O)(c1ccc(Cl)cc1Cl)n1ccnc1. The number of hydrogen-bond acceptors (Lipinski definition) is 2. The van der Waals surface area contributed by atoms with E-state index < -0.39 is 5.72 Å². The Hall–Kier alpha value is -1.03. The molecule has 3 nitrogen and oxygen atoms in total. The van der Waals surface area contributed by atoms with Crippen LogP contribution in [0.4, 0.5) is 0 Å². The van der Waals surface area contributed by atoms with Crippen molar-refractivity contribution in [3.05, 3.63) is 52.5 Å². The molecule has 1 aromatic heterocycles. The van der Waals surface area contributed by atoms with E-state index in [0.29, 0.717) is 15.6 Å². The Morgan fingerprint density at radius 2 is 2.12 bits per heavy atom. The van der Waals surface area contributed by atoms with Gasteiger partial charge in [-0.25, -0.2) is 4.98 Å². The topological polar surface area (TPSA) is 38.0 Å². The Labute approximate surface area is 103 Å². The first kappa shape index (κ1) is 11.5. The largest absolute Gasteiger partial charge is 0.367 e. The van der Waals surface area contributed by atoms with Gasteiger partial charge >= 0.3 is 0 Å². The van der Waals surface area contributed by atoms with E-state index in [0.717, 1.165) is 0 Å². The highest BCUT2D eigenvalue weighted by atomic mass is 35.5. The molecular weight excluding hydrogens is 247 g/mol. The Balaban J connectivity index is 2.51. The van der Waals surface area contributed by atoms with Gasteiger partial charge in [-0.1, -0.05) is 29.3 Å². The Bertz CT molecular complexity index is 495. The molecule has 0 radical (unpaired) electrons. The van der Waals surface area contributed by atoms with E-state index in [9.17, 15) is 5.11 Å². The predicted octanol–water partition coefficient (Wildman–Crippen LogP) is 2.90. The Morgan fingerprint density at radius 1 is 1.38 bits per heavy atom. The van der Waals surface area contributed by atoms with Crippen LogP contribution in [0.5, 0.6) is 0 Å². The molecular formula is C11H10Cl2N2O. The van der Waals surface area contributed by atoms with Crippen LogP contribution in [0.3, 0.4) is 0 Å². The van der Waals surface area contributed by atoms with Gasteiger partial charge in [-0.15, -0.1) is 0 Å². The number of aliphatic hydroxyl groups is 1. The molecule has 1 aromatic carbocycles. The van der Waals surface area contributed by atoms with Gasteiger partial charge in [0.2, 0.25) is 0 Å². The van der Waals surface area contributed by atoms with Crippen molar-refractivity contribution >= 4 is 23.2 Å². The third-order valence-electron chi connectivity index (χ3n) is 2.45. The first-order chi connectivity index (χ1) is 7.51. The first-order valence-corrected chi connectivity index (χ1v) is 5.44. The van der Waals surface area contributed by atoms with Crippen molar-refractivity contribution in [2.45, 2.75) is 12.6 Å². The maximum Gasteiger partial charge on any atom is 0.167 e. The van der Waals surface area contributed by atoms with Gasteiger partial charge in [0.15, 0.2) is 5.72 Å². The van der Waals surface area contributed by atoms with Crippen LogP contribution in [0, 0.1) is 0 Å². The summed E-state index contributed by atoms with van der Waals surface area (Å²) in [5, 5.41) is 11.4. The van der Waals surface area contributed by atoms with Crippen LogP contribution >= 0.6 is 23.2 Å². The highest BCUT2D eigenvalue weighted by Gasteiger charge is 2.27. The van der Waals surface area contributed by atoms with Crippen LogP contribution in [-0.4, -0.2) is 14.7 Å². The minimum absolute atomic E-state index is 0.422. The molecule has 1 unspecified atom stereocenters. The summed E-state index contributed by atoms with van der Waals surface area (Å²) in [6.07, 6.45) is 4.80. The smallest absolute Gasteiger partial charge is 0.167 e. The van der Waals surface area contributed by atoms with Gasteiger partial charge in [-0.2, -0.15) is 0 Å². The minimum Gasteiger partial charge on any atom is -0.367 e. The van der Waals surface area contributed by atoms with Crippen LogP contribution in [0.2, 0.25) is 10.0 Å². The molecule has 2 aromatic rings. The van der Waals surface area contributed by atoms with Gasteiger partial charge in [-0.05, 0) is 19.1 Å². The summed E-state index contributed by atoms with van der Waals surface area (Å²) in [6.45, 7) is 1.64. The van der Waals surface area contributed by atoms with Crippen molar-refractivity contribution in [1.82, 2.24) is 9.55 Å². The summed E-state index contributed by atoms with van der Waals surface area (Å²) in [7, 11) is 0. The molecule has 84 valence electrons. The van der Waals surface area contributed by atoms with Crippen LogP contribution in [0.25, 0.3) is 0 Å². The molecule has 0 amide bonds. The number of hydrogen-bond donors (Lipinski definition) is 1. The van der Waals surface area contributed by atoms with E-state index in [2.05, 4.69) is 4.98 Å². The van der Waals surface area contributed by atoms with E-state index >= 15 is 0 Å². The molecule has 0 spiro atoms. The molecule has 1 N–H and O–H groups in total. The molecule has 0 bridgehead atoms. The highest BCUT2D eigenvalue weighted by molar-refractivity contribution is 6.35. The van der Waals surface area contributed by atoms with Crippen LogP contribution < -0.4 is 0 Å². The van der Waals surface area contributed by atoms with Gasteiger partial charge in [0, 0.05) is 23.0 Å². The first-order valence-electron chi connectivity index (χ1n) is 4.68. The van der Waals surface area contributed by atoms with Crippen molar-refractivity contribution in [2.24, 2.45) is 0 Å². The quantitative estimate of drug-likeness (QED) is 0.898. The van der Waals surface area contributed by atoms with Crippen LogP contribution in [0.1, 0.15) is 12.5 Å². The minimum atomic E-state index is -1.24. The fourth-order valence-electron chi connectivity index (χ4n) is 1.53. The second-order valence-corrected chi connectivity index (χ2v) is 4.46. The number of rotatable bonds is 2. The number of imidazole rings is 1. The van der Waals surface area contributed by atoms with Gasteiger partial charge in [-0.3, -0.25) is 0 Å². The molecule has 1 atom stereocenters. The molecule has 5 heteroatoms. The summed E-state index contributed by atoms with van der Waals surface area (Å²) >= 11 is 11.9. The zero-order chi connectivity index (χ0) is 11.8. The fraction of sp³-hybridized carbons (Fsp3) is 0.182. The standard InChI is InChI=1S/C11H10Cl2N2O/c1-11(16,15-5-4-14-7-15)9-3-2-8(12)6-10(9)13/h2-7,16H,1H3. The average Bonchev–Trinajstić information content (AvgIpc) is 2.69. The van der Waals surface area contributed by atoms with E-state index in [4.69, 9.17) is 23.2 Å². The lowest BCUT2D eigenvalue weighted by Gasteiger charge is -2.26. The second kappa shape index (κ2) is 4.09. The van der Waals surface area contributed by atoms with Crippen molar-refractivity contribution in [3.8, 4) is 0 Å². The lowest BCUT2D eigenvalue weighted by Crippen LogP contribution is -2.30. The van der Waals surface area contributed by atoms with Crippen molar-refractivity contribution in [3.63, 3.8) is 0 Å². The van der Waals surface area contributed by atoms with E-state index in [1.54, 1.807) is 42.1 Å². The van der Waals surface area contributed by atoms with Crippen molar-refractivity contribution in [2.75, 3.05) is 0 Å². The number of nitrogens with zero attached hydrogens (tertiary/aromatic N) is 2. The third-order valence-corrected chi connectivity index (χ3v) is 3.00. The molecule has 0 aliphatic carbocycles. The van der Waals surface area contributed by atoms with Gasteiger partial charge < -0.3 is 9.67 Å². The van der Waals surface area contributed by atoms with Crippen molar-refractivity contribution < 1.29 is 5.11 Å². The lowest BCUT2D eigenvalue weighted by molar-refractivity contribution is 0.0253. The Morgan fingerprint density at radius 3 is 2.69 bits per heavy atom. The molecule has 0 saturated carbocycles. The summed E-state index contributed by atoms with van der Waals surface area (Å²) in [5.41, 5.74) is -0.658. The molecule has 0 aliphatic rings. The van der Waals surface area contributed by atoms with Gasteiger partial charge in [0.1, 0.15) is 0 Å². The average molecular weight is 257 g/mol. The number of benzene rings is 1. The highest BCUT2D eigenvalue weighted by Crippen LogP contribution is 2.31. The molecule has 1 heterocycles. The van der Waals surface area contributed by atoms with Crippen LogP contribution in [0.15, 0.2) is 36.9 Å². The van der Waals surface area contributed by atoms with E-state index in [1.165, 1.54) is 6.33 Å². The molecule has 0 fully saturated rings. The number of halogens is 2. The normalized spacial score (nSPS) is 14.8. The monoisotopic (exact) mass is 256 g/mol. The maximum atomic E-state index is 10.4. The molecule has 0 saturated heterocycles. The lowest BCUT2D eigenvalue weighted by atomic mass is 10.0. The zero-order valence-electron chi connectivity index (χ0n) is 8.56.